The second-order valence-electron chi connectivity index (χ2n) is 6.42. The highest BCUT2D eigenvalue weighted by Crippen LogP contribution is 2.30. The minimum atomic E-state index is -4.38. The molecule has 3 amide bonds. The van der Waals surface area contributed by atoms with E-state index in [9.17, 15) is 22.8 Å². The third kappa shape index (κ3) is 5.37. The van der Waals surface area contributed by atoms with Gasteiger partial charge in [0.05, 0.1) is 5.56 Å². The van der Waals surface area contributed by atoms with E-state index >= 15 is 0 Å². The highest BCUT2D eigenvalue weighted by molar-refractivity contribution is 5.75. The largest absolute Gasteiger partial charge is 0.416 e. The molecule has 1 heterocycles. The predicted octanol–water partition coefficient (Wildman–Crippen LogP) is 2.81. The van der Waals surface area contributed by atoms with Gasteiger partial charge in [-0.2, -0.15) is 13.2 Å². The van der Waals surface area contributed by atoms with Gasteiger partial charge in [-0.25, -0.2) is 4.79 Å². The summed E-state index contributed by atoms with van der Waals surface area (Å²) < 4.78 is 38.0. The van der Waals surface area contributed by atoms with E-state index in [-0.39, 0.29) is 30.8 Å². The Labute approximate surface area is 144 Å². The maximum absolute atomic E-state index is 12.7. The first-order chi connectivity index (χ1) is 11.7. The zero-order chi connectivity index (χ0) is 18.6. The number of piperidine rings is 1. The predicted molar refractivity (Wildman–Crippen MR) is 86.5 cm³/mol. The number of hydrogen-bond donors (Lipinski definition) is 2. The molecule has 0 spiro atoms. The smallest absolute Gasteiger partial charge is 0.370 e. The number of benzene rings is 1. The molecule has 5 nitrogen and oxygen atoms in total. The van der Waals surface area contributed by atoms with E-state index in [1.54, 1.807) is 11.8 Å². The van der Waals surface area contributed by atoms with Crippen molar-refractivity contribution in [3.63, 3.8) is 0 Å². The first kappa shape index (κ1) is 19.1. The van der Waals surface area contributed by atoms with Gasteiger partial charge in [0.25, 0.3) is 0 Å². The highest BCUT2D eigenvalue weighted by atomic mass is 19.4. The van der Waals surface area contributed by atoms with Crippen molar-refractivity contribution in [1.82, 2.24) is 10.2 Å². The molecule has 0 radical (unpaired) electrons. The Morgan fingerprint density at radius 1 is 1.36 bits per heavy atom. The van der Waals surface area contributed by atoms with E-state index in [0.717, 1.165) is 25.0 Å². The number of aryl methyl sites for hydroxylation is 1. The second kappa shape index (κ2) is 7.76. The summed E-state index contributed by atoms with van der Waals surface area (Å²) in [6.07, 6.45) is -2.48. The normalized spacial score (nSPS) is 18.1. The fourth-order valence-electron chi connectivity index (χ4n) is 3.05. The van der Waals surface area contributed by atoms with Crippen LogP contribution in [0.1, 0.15) is 36.0 Å². The summed E-state index contributed by atoms with van der Waals surface area (Å²) in [5.41, 5.74) is 5.60. The lowest BCUT2D eigenvalue weighted by Gasteiger charge is -2.32. The summed E-state index contributed by atoms with van der Waals surface area (Å²) in [6, 6.07) is 3.18. The Morgan fingerprint density at radius 3 is 2.68 bits per heavy atom. The Kier molecular flexibility index (Phi) is 5.92. The molecule has 3 N–H and O–H groups in total. The van der Waals surface area contributed by atoms with Crippen molar-refractivity contribution in [3.8, 4) is 0 Å². The number of carbonyl (C=O) groups excluding carboxylic acids is 2. The monoisotopic (exact) mass is 357 g/mol. The molecule has 0 aromatic heterocycles. The average Bonchev–Trinajstić information content (AvgIpc) is 2.52. The Hall–Kier alpha value is -2.25. The van der Waals surface area contributed by atoms with Gasteiger partial charge in [0.1, 0.15) is 0 Å². The molecule has 138 valence electrons. The molecular weight excluding hydrogens is 335 g/mol. The van der Waals surface area contributed by atoms with Gasteiger partial charge in [0.2, 0.25) is 5.91 Å². The summed E-state index contributed by atoms with van der Waals surface area (Å²) in [6.45, 7) is 2.79. The molecule has 1 aromatic rings. The molecule has 0 bridgehead atoms. The van der Waals surface area contributed by atoms with Gasteiger partial charge in [0, 0.05) is 26.1 Å². The molecule has 1 fully saturated rings. The van der Waals surface area contributed by atoms with Crippen molar-refractivity contribution < 1.29 is 22.8 Å². The third-order valence-electron chi connectivity index (χ3n) is 4.40. The Balaban J connectivity index is 1.92. The molecule has 0 saturated carbocycles. The average molecular weight is 357 g/mol. The number of halogens is 3. The van der Waals surface area contributed by atoms with Gasteiger partial charge in [0.15, 0.2) is 0 Å². The van der Waals surface area contributed by atoms with Gasteiger partial charge in [-0.1, -0.05) is 6.07 Å². The van der Waals surface area contributed by atoms with Crippen molar-refractivity contribution in [2.45, 2.75) is 38.9 Å². The van der Waals surface area contributed by atoms with E-state index < -0.39 is 11.7 Å². The summed E-state index contributed by atoms with van der Waals surface area (Å²) in [7, 11) is 0. The molecular formula is C17H22F3N3O2. The number of nitrogens with zero attached hydrogens (tertiary/aromatic N) is 1. The van der Waals surface area contributed by atoms with Crippen LogP contribution in [0.15, 0.2) is 18.2 Å². The summed E-state index contributed by atoms with van der Waals surface area (Å²) in [4.78, 5) is 24.9. The van der Waals surface area contributed by atoms with Crippen LogP contribution in [-0.4, -0.2) is 29.9 Å². The lowest BCUT2D eigenvalue weighted by atomic mass is 9.95. The van der Waals surface area contributed by atoms with Crippen LogP contribution in [0.5, 0.6) is 0 Å². The van der Waals surface area contributed by atoms with E-state index in [1.165, 1.54) is 6.07 Å². The molecule has 2 rings (SSSR count). The van der Waals surface area contributed by atoms with Crippen LogP contribution in [0.2, 0.25) is 0 Å². The van der Waals surface area contributed by atoms with Gasteiger partial charge in [-0.05, 0) is 48.9 Å². The fraction of sp³-hybridized carbons (Fsp3) is 0.529. The quantitative estimate of drug-likeness (QED) is 0.869. The van der Waals surface area contributed by atoms with Crippen molar-refractivity contribution in [2.24, 2.45) is 11.7 Å². The van der Waals surface area contributed by atoms with Crippen LogP contribution < -0.4 is 11.1 Å². The van der Waals surface area contributed by atoms with Crippen molar-refractivity contribution in [2.75, 3.05) is 13.1 Å². The highest BCUT2D eigenvalue weighted by Gasteiger charge is 2.30. The lowest BCUT2D eigenvalue weighted by Crippen LogP contribution is -2.45. The van der Waals surface area contributed by atoms with Gasteiger partial charge in [-0.3, -0.25) is 4.79 Å². The van der Waals surface area contributed by atoms with Crippen LogP contribution >= 0.6 is 0 Å². The molecule has 1 aliphatic rings. The van der Waals surface area contributed by atoms with E-state index in [0.29, 0.717) is 24.2 Å². The SMILES string of the molecule is Cc1cc(C(F)(F)F)ccc1CNC(=O)N1CCCC(CC(N)=O)C1. The van der Waals surface area contributed by atoms with Crippen LogP contribution in [0.25, 0.3) is 0 Å². The van der Waals surface area contributed by atoms with E-state index in [4.69, 9.17) is 5.73 Å². The molecule has 1 aliphatic heterocycles. The lowest BCUT2D eigenvalue weighted by molar-refractivity contribution is -0.137. The minimum Gasteiger partial charge on any atom is -0.370 e. The molecule has 1 atom stereocenters. The van der Waals surface area contributed by atoms with E-state index in [2.05, 4.69) is 5.32 Å². The summed E-state index contributed by atoms with van der Waals surface area (Å²) in [5.74, 6) is -0.322. The first-order valence-electron chi connectivity index (χ1n) is 8.14. The van der Waals surface area contributed by atoms with Gasteiger partial charge < -0.3 is 16.0 Å². The van der Waals surface area contributed by atoms with E-state index in [1.807, 2.05) is 0 Å². The van der Waals surface area contributed by atoms with Gasteiger partial charge in [-0.15, -0.1) is 0 Å². The number of primary amides is 1. The number of nitrogens with two attached hydrogens (primary N) is 1. The first-order valence-corrected chi connectivity index (χ1v) is 8.14. The molecule has 8 heteroatoms. The number of amides is 3. The minimum absolute atomic E-state index is 0.0600. The topological polar surface area (TPSA) is 75.4 Å². The number of rotatable bonds is 4. The molecule has 1 saturated heterocycles. The maximum atomic E-state index is 12.7. The number of hydrogen-bond acceptors (Lipinski definition) is 2. The number of urea groups is 1. The van der Waals surface area contributed by atoms with Crippen LogP contribution in [0, 0.1) is 12.8 Å². The number of nitrogens with one attached hydrogen (secondary N) is 1. The van der Waals surface area contributed by atoms with Crippen LogP contribution in [0.4, 0.5) is 18.0 Å². The van der Waals surface area contributed by atoms with Crippen LogP contribution in [-0.2, 0) is 17.5 Å². The van der Waals surface area contributed by atoms with Crippen molar-refractivity contribution in [3.05, 3.63) is 34.9 Å². The summed E-state index contributed by atoms with van der Waals surface area (Å²) in [5, 5.41) is 2.73. The zero-order valence-corrected chi connectivity index (χ0v) is 14.0. The molecule has 25 heavy (non-hydrogen) atoms. The van der Waals surface area contributed by atoms with Crippen molar-refractivity contribution >= 4 is 11.9 Å². The number of carbonyl (C=O) groups is 2. The van der Waals surface area contributed by atoms with Gasteiger partial charge >= 0.3 is 12.2 Å². The van der Waals surface area contributed by atoms with Crippen molar-refractivity contribution in [1.29, 1.82) is 0 Å². The maximum Gasteiger partial charge on any atom is 0.416 e. The molecule has 1 unspecified atom stereocenters. The standard InChI is InChI=1S/C17H22F3N3O2/c1-11-7-14(17(18,19)20)5-4-13(11)9-22-16(25)23-6-2-3-12(10-23)8-15(21)24/h4-5,7,12H,2-3,6,8-10H2,1H3,(H2,21,24)(H,22,25). The number of likely N-dealkylation sites (tertiary alicyclic amines) is 1. The number of alkyl halides is 3. The fourth-order valence-corrected chi connectivity index (χ4v) is 3.05. The van der Waals surface area contributed by atoms with Crippen LogP contribution in [0.3, 0.4) is 0 Å². The summed E-state index contributed by atoms with van der Waals surface area (Å²) >= 11 is 0. The molecule has 0 aliphatic carbocycles. The second-order valence-corrected chi connectivity index (χ2v) is 6.42. The third-order valence-corrected chi connectivity index (χ3v) is 4.40. The molecule has 1 aromatic carbocycles. The Morgan fingerprint density at radius 2 is 2.08 bits per heavy atom. The zero-order valence-electron chi connectivity index (χ0n) is 14.0. The Bertz CT molecular complexity index is 647.